The Morgan fingerprint density at radius 1 is 1.50 bits per heavy atom. The van der Waals surface area contributed by atoms with Gasteiger partial charge in [0.15, 0.2) is 0 Å². The molecule has 0 fully saturated rings. The van der Waals surface area contributed by atoms with Crippen LogP contribution in [0.1, 0.15) is 15.2 Å². The molecule has 0 unspecified atom stereocenters. The van der Waals surface area contributed by atoms with E-state index in [1.165, 1.54) is 11.3 Å². The Bertz CT molecular complexity index is 541. The fourth-order valence-electron chi connectivity index (χ4n) is 1.31. The Balaban J connectivity index is 2.04. The van der Waals surface area contributed by atoms with Gasteiger partial charge in [-0.05, 0) is 29.1 Å². The lowest BCUT2D eigenvalue weighted by atomic mass is 10.3. The van der Waals surface area contributed by atoms with Crippen LogP contribution in [-0.2, 0) is 5.75 Å². The maximum absolute atomic E-state index is 11.5. The van der Waals surface area contributed by atoms with Gasteiger partial charge < -0.3 is 0 Å². The van der Waals surface area contributed by atoms with Crippen molar-refractivity contribution >= 4 is 40.6 Å². The van der Waals surface area contributed by atoms with Crippen LogP contribution in [0.5, 0.6) is 0 Å². The van der Waals surface area contributed by atoms with E-state index in [9.17, 15) is 4.79 Å². The summed E-state index contributed by atoms with van der Waals surface area (Å²) < 4.78 is 0. The lowest BCUT2D eigenvalue weighted by Crippen LogP contribution is -2.29. The molecule has 1 amide bonds. The first-order valence-electron chi connectivity index (χ1n) is 5.02. The van der Waals surface area contributed by atoms with Crippen molar-refractivity contribution < 1.29 is 4.79 Å². The molecular formula is C11H10ClN3OS2. The Morgan fingerprint density at radius 2 is 2.33 bits per heavy atom. The number of thiophene rings is 1. The second-order valence-corrected chi connectivity index (χ2v) is 5.70. The highest BCUT2D eigenvalue weighted by Crippen LogP contribution is 2.26. The number of amides is 1. The van der Waals surface area contributed by atoms with Gasteiger partial charge in [-0.2, -0.15) is 0 Å². The number of halogens is 1. The third kappa shape index (κ3) is 3.23. The predicted octanol–water partition coefficient (Wildman–Crippen LogP) is 2.69. The monoisotopic (exact) mass is 299 g/mol. The quantitative estimate of drug-likeness (QED) is 0.394. The van der Waals surface area contributed by atoms with E-state index in [0.29, 0.717) is 15.7 Å². The maximum atomic E-state index is 11.5. The molecule has 0 aliphatic heterocycles. The van der Waals surface area contributed by atoms with E-state index < -0.39 is 0 Å². The van der Waals surface area contributed by atoms with Crippen LogP contribution in [0.15, 0.2) is 34.8 Å². The molecule has 0 spiro atoms. The molecule has 2 heterocycles. The number of nitrogens with two attached hydrogens (primary N) is 1. The molecule has 3 N–H and O–H groups in total. The average Bonchev–Trinajstić information content (AvgIpc) is 2.85. The first kappa shape index (κ1) is 13.4. The Kier molecular flexibility index (Phi) is 4.60. The minimum atomic E-state index is -0.260. The van der Waals surface area contributed by atoms with Crippen LogP contribution in [0.2, 0.25) is 5.02 Å². The normalized spacial score (nSPS) is 10.3. The second-order valence-electron chi connectivity index (χ2n) is 3.35. The summed E-state index contributed by atoms with van der Waals surface area (Å²) in [7, 11) is 0. The summed E-state index contributed by atoms with van der Waals surface area (Å²) in [5, 5.41) is 3.35. The van der Waals surface area contributed by atoms with Gasteiger partial charge in [-0.3, -0.25) is 10.2 Å². The molecule has 18 heavy (non-hydrogen) atoms. The molecule has 0 atom stereocenters. The number of aromatic nitrogens is 1. The number of nitrogen functional groups attached to an aromatic ring is 1. The van der Waals surface area contributed by atoms with E-state index in [1.54, 1.807) is 24.0 Å². The van der Waals surface area contributed by atoms with Crippen LogP contribution < -0.4 is 11.3 Å². The Labute approximate surface area is 118 Å². The van der Waals surface area contributed by atoms with Crippen LogP contribution in [0.4, 0.5) is 0 Å². The molecule has 2 aromatic rings. The first-order valence-corrected chi connectivity index (χ1v) is 7.26. The second kappa shape index (κ2) is 6.19. The molecule has 0 saturated carbocycles. The summed E-state index contributed by atoms with van der Waals surface area (Å²) in [6, 6.07) is 5.55. The summed E-state index contributed by atoms with van der Waals surface area (Å²) >= 11 is 8.68. The standard InChI is InChI=1S/C11H10ClN3OS2/c12-8-1-2-9(14-5-8)18-6-7-3-4-17-10(7)11(16)15-13/h1-5H,6,13H2,(H,15,16). The number of hydrogen-bond acceptors (Lipinski definition) is 5. The number of pyridine rings is 1. The number of nitrogens with zero attached hydrogens (tertiary/aromatic N) is 1. The highest BCUT2D eigenvalue weighted by Gasteiger charge is 2.12. The van der Waals surface area contributed by atoms with Crippen molar-refractivity contribution in [2.75, 3.05) is 0 Å². The first-order chi connectivity index (χ1) is 8.70. The van der Waals surface area contributed by atoms with Gasteiger partial charge in [0, 0.05) is 11.9 Å². The number of thioether (sulfide) groups is 1. The molecule has 94 valence electrons. The largest absolute Gasteiger partial charge is 0.289 e. The minimum Gasteiger partial charge on any atom is -0.289 e. The molecule has 4 nitrogen and oxygen atoms in total. The third-order valence-electron chi connectivity index (χ3n) is 2.16. The van der Waals surface area contributed by atoms with E-state index >= 15 is 0 Å². The van der Waals surface area contributed by atoms with Crippen molar-refractivity contribution in [2.45, 2.75) is 10.8 Å². The molecule has 0 bridgehead atoms. The highest BCUT2D eigenvalue weighted by atomic mass is 35.5. The highest BCUT2D eigenvalue weighted by molar-refractivity contribution is 7.98. The topological polar surface area (TPSA) is 68.0 Å². The SMILES string of the molecule is NNC(=O)c1sccc1CSc1ccc(Cl)cn1. The number of hydrazine groups is 1. The third-order valence-corrected chi connectivity index (χ3v) is 4.33. The summed E-state index contributed by atoms with van der Waals surface area (Å²) in [6.07, 6.45) is 1.60. The minimum absolute atomic E-state index is 0.260. The van der Waals surface area contributed by atoms with Gasteiger partial charge >= 0.3 is 0 Å². The summed E-state index contributed by atoms with van der Waals surface area (Å²) in [5.74, 6) is 5.54. The van der Waals surface area contributed by atoms with Crippen LogP contribution in [-0.4, -0.2) is 10.9 Å². The average molecular weight is 300 g/mol. The van der Waals surface area contributed by atoms with Gasteiger partial charge in [-0.15, -0.1) is 23.1 Å². The zero-order chi connectivity index (χ0) is 13.0. The van der Waals surface area contributed by atoms with Gasteiger partial charge in [0.25, 0.3) is 5.91 Å². The van der Waals surface area contributed by atoms with Crippen molar-refractivity contribution in [3.05, 3.63) is 45.2 Å². The number of rotatable bonds is 4. The van der Waals surface area contributed by atoms with Crippen LogP contribution in [0.25, 0.3) is 0 Å². The van der Waals surface area contributed by atoms with Gasteiger partial charge in [0.2, 0.25) is 0 Å². The van der Waals surface area contributed by atoms with Gasteiger partial charge in [0.05, 0.1) is 14.9 Å². The summed E-state index contributed by atoms with van der Waals surface area (Å²) in [6.45, 7) is 0. The van der Waals surface area contributed by atoms with E-state index in [2.05, 4.69) is 10.4 Å². The molecule has 0 aliphatic carbocycles. The maximum Gasteiger partial charge on any atom is 0.275 e. The van der Waals surface area contributed by atoms with E-state index in [-0.39, 0.29) is 5.91 Å². The zero-order valence-corrected chi connectivity index (χ0v) is 11.6. The molecular weight excluding hydrogens is 290 g/mol. The fraction of sp³-hybridized carbons (Fsp3) is 0.0909. The predicted molar refractivity (Wildman–Crippen MR) is 74.8 cm³/mol. The molecule has 2 aromatic heterocycles. The van der Waals surface area contributed by atoms with Crippen molar-refractivity contribution in [1.82, 2.24) is 10.4 Å². The van der Waals surface area contributed by atoms with Crippen molar-refractivity contribution in [1.29, 1.82) is 0 Å². The molecule has 2 rings (SSSR count). The van der Waals surface area contributed by atoms with Crippen molar-refractivity contribution in [3.63, 3.8) is 0 Å². The zero-order valence-electron chi connectivity index (χ0n) is 9.22. The number of hydrogen-bond donors (Lipinski definition) is 2. The number of nitrogens with one attached hydrogen (secondary N) is 1. The van der Waals surface area contributed by atoms with Gasteiger partial charge in [-0.1, -0.05) is 11.6 Å². The summed E-state index contributed by atoms with van der Waals surface area (Å²) in [4.78, 5) is 16.3. The lowest BCUT2D eigenvalue weighted by molar-refractivity contribution is 0.0957. The Hall–Kier alpha value is -1.08. The van der Waals surface area contributed by atoms with Crippen molar-refractivity contribution in [2.24, 2.45) is 5.84 Å². The van der Waals surface area contributed by atoms with E-state index in [4.69, 9.17) is 17.4 Å². The molecule has 0 radical (unpaired) electrons. The smallest absolute Gasteiger partial charge is 0.275 e. The van der Waals surface area contributed by atoms with Gasteiger partial charge in [-0.25, -0.2) is 10.8 Å². The summed E-state index contributed by atoms with van der Waals surface area (Å²) in [5.41, 5.74) is 3.09. The van der Waals surface area contributed by atoms with E-state index in [0.717, 1.165) is 10.6 Å². The van der Waals surface area contributed by atoms with Crippen LogP contribution in [0, 0.1) is 0 Å². The van der Waals surface area contributed by atoms with Crippen LogP contribution >= 0.6 is 34.7 Å². The molecule has 7 heteroatoms. The molecule has 0 saturated heterocycles. The molecule has 0 aliphatic rings. The number of carbonyl (C=O) groups is 1. The Morgan fingerprint density at radius 3 is 3.00 bits per heavy atom. The van der Waals surface area contributed by atoms with Crippen LogP contribution in [0.3, 0.4) is 0 Å². The van der Waals surface area contributed by atoms with Gasteiger partial charge in [0.1, 0.15) is 0 Å². The lowest BCUT2D eigenvalue weighted by Gasteiger charge is -2.02. The van der Waals surface area contributed by atoms with Crippen molar-refractivity contribution in [3.8, 4) is 0 Å². The number of carbonyl (C=O) groups excluding carboxylic acids is 1. The van der Waals surface area contributed by atoms with E-state index in [1.807, 2.05) is 17.5 Å². The molecule has 0 aromatic carbocycles. The fourth-order valence-corrected chi connectivity index (χ4v) is 3.18.